The monoisotopic (exact) mass is 230 g/mol. The normalized spacial score (nSPS) is 30.4. The van der Waals surface area contributed by atoms with Crippen molar-refractivity contribution in [3.8, 4) is 0 Å². The Balaban J connectivity index is 1.67. The van der Waals surface area contributed by atoms with Crippen LogP contribution in [0, 0.1) is 11.8 Å². The third-order valence-corrected chi connectivity index (χ3v) is 4.15. The summed E-state index contributed by atoms with van der Waals surface area (Å²) < 4.78 is 0. The number of rotatable bonds is 3. The van der Waals surface area contributed by atoms with Crippen LogP contribution in [0.1, 0.15) is 24.0 Å². The van der Waals surface area contributed by atoms with Crippen molar-refractivity contribution in [3.05, 3.63) is 35.4 Å². The molecule has 1 aromatic rings. The first-order chi connectivity index (χ1) is 8.22. The molecule has 17 heavy (non-hydrogen) atoms. The highest BCUT2D eigenvalue weighted by molar-refractivity contribution is 5.79. The van der Waals surface area contributed by atoms with E-state index < -0.39 is 0 Å². The largest absolute Gasteiger partial charge is 0.352 e. The molecule has 1 aromatic carbocycles. The maximum atomic E-state index is 11.8. The molecule has 90 valence electrons. The van der Waals surface area contributed by atoms with Gasteiger partial charge in [-0.05, 0) is 23.5 Å². The van der Waals surface area contributed by atoms with Crippen LogP contribution in [0.5, 0.6) is 0 Å². The van der Waals surface area contributed by atoms with E-state index in [1.807, 2.05) is 6.92 Å². The molecule has 1 amide bonds. The fourth-order valence-corrected chi connectivity index (χ4v) is 2.96. The molecule has 4 atom stereocenters. The van der Waals surface area contributed by atoms with Crippen molar-refractivity contribution in [1.29, 1.82) is 0 Å². The Morgan fingerprint density at radius 3 is 3.06 bits per heavy atom. The van der Waals surface area contributed by atoms with Crippen molar-refractivity contribution < 1.29 is 4.79 Å². The van der Waals surface area contributed by atoms with Gasteiger partial charge in [-0.15, -0.1) is 0 Å². The van der Waals surface area contributed by atoms with Gasteiger partial charge in [-0.3, -0.25) is 4.79 Å². The van der Waals surface area contributed by atoms with E-state index in [2.05, 4.69) is 29.6 Å². The molecule has 3 heteroatoms. The van der Waals surface area contributed by atoms with Crippen molar-refractivity contribution in [3.63, 3.8) is 0 Å². The predicted molar refractivity (Wildman–Crippen MR) is 66.5 cm³/mol. The summed E-state index contributed by atoms with van der Waals surface area (Å²) in [4.78, 5) is 11.8. The molecule has 3 rings (SSSR count). The Kier molecular flexibility index (Phi) is 2.44. The number of amides is 1. The second kappa shape index (κ2) is 3.84. The minimum atomic E-state index is -0.0772. The summed E-state index contributed by atoms with van der Waals surface area (Å²) in [5.74, 6) is 1.21. The molecule has 0 aromatic heterocycles. The lowest BCUT2D eigenvalue weighted by molar-refractivity contribution is -0.124. The van der Waals surface area contributed by atoms with Crippen LogP contribution in [0.3, 0.4) is 0 Å². The highest BCUT2D eigenvalue weighted by atomic mass is 16.2. The first kappa shape index (κ1) is 10.8. The van der Waals surface area contributed by atoms with Crippen LogP contribution in [0.15, 0.2) is 24.3 Å². The van der Waals surface area contributed by atoms with E-state index in [9.17, 15) is 4.79 Å². The Morgan fingerprint density at radius 2 is 2.29 bits per heavy atom. The second-order valence-corrected chi connectivity index (χ2v) is 5.26. The molecular weight excluding hydrogens is 212 g/mol. The Morgan fingerprint density at radius 1 is 1.53 bits per heavy atom. The molecule has 0 bridgehead atoms. The molecule has 1 saturated carbocycles. The second-order valence-electron chi connectivity index (χ2n) is 5.26. The number of hydrogen-bond donors (Lipinski definition) is 2. The summed E-state index contributed by atoms with van der Waals surface area (Å²) >= 11 is 0. The molecule has 0 heterocycles. The highest BCUT2D eigenvalue weighted by Crippen LogP contribution is 2.56. The maximum absolute atomic E-state index is 11.8. The summed E-state index contributed by atoms with van der Waals surface area (Å²) in [5, 5.41) is 3.13. The fraction of sp³-hybridized carbons (Fsp3) is 0.500. The first-order valence-corrected chi connectivity index (χ1v) is 6.30. The molecule has 0 radical (unpaired) electrons. The van der Waals surface area contributed by atoms with Crippen LogP contribution in [-0.4, -0.2) is 18.5 Å². The van der Waals surface area contributed by atoms with Gasteiger partial charge < -0.3 is 11.1 Å². The number of benzene rings is 1. The quantitative estimate of drug-likeness (QED) is 0.815. The average molecular weight is 230 g/mol. The topological polar surface area (TPSA) is 55.1 Å². The summed E-state index contributed by atoms with van der Waals surface area (Å²) in [6.45, 7) is 2.30. The van der Waals surface area contributed by atoms with Gasteiger partial charge in [-0.1, -0.05) is 31.2 Å². The summed E-state index contributed by atoms with van der Waals surface area (Å²) in [6, 6.07) is 8.92. The summed E-state index contributed by atoms with van der Waals surface area (Å²) in [5.41, 5.74) is 8.39. The molecule has 0 saturated heterocycles. The Bertz CT molecular complexity index is 457. The van der Waals surface area contributed by atoms with Gasteiger partial charge in [0, 0.05) is 24.4 Å². The average Bonchev–Trinajstić information content (AvgIpc) is 2.87. The minimum absolute atomic E-state index is 0.0772. The van der Waals surface area contributed by atoms with Gasteiger partial charge in [0.2, 0.25) is 5.91 Å². The van der Waals surface area contributed by atoms with Crippen molar-refractivity contribution in [2.24, 2.45) is 17.6 Å². The van der Waals surface area contributed by atoms with Crippen LogP contribution >= 0.6 is 0 Å². The van der Waals surface area contributed by atoms with Crippen molar-refractivity contribution >= 4 is 5.91 Å². The molecule has 0 aliphatic heterocycles. The molecule has 3 N–H and O–H groups in total. The molecule has 1 fully saturated rings. The molecule has 2 aliphatic carbocycles. The Hall–Kier alpha value is -1.35. The van der Waals surface area contributed by atoms with Gasteiger partial charge >= 0.3 is 0 Å². The smallest absolute Gasteiger partial charge is 0.224 e. The van der Waals surface area contributed by atoms with Gasteiger partial charge in [0.1, 0.15) is 0 Å². The van der Waals surface area contributed by atoms with Gasteiger partial charge in [-0.25, -0.2) is 0 Å². The van der Waals surface area contributed by atoms with Crippen LogP contribution in [0.25, 0.3) is 0 Å². The SMILES string of the molecule is CC(CN)C(=O)NC1C2Cc3ccccc3C21. The lowest BCUT2D eigenvalue weighted by Crippen LogP contribution is -2.36. The first-order valence-electron chi connectivity index (χ1n) is 6.30. The zero-order valence-corrected chi connectivity index (χ0v) is 10.0. The molecular formula is C14H18N2O. The highest BCUT2D eigenvalue weighted by Gasteiger charge is 2.56. The summed E-state index contributed by atoms with van der Waals surface area (Å²) in [7, 11) is 0. The standard InChI is InChI=1S/C14H18N2O/c1-8(7-15)14(17)16-13-11-6-9-4-2-3-5-10(9)12(11)13/h2-5,8,11-13H,6-7,15H2,1H3,(H,16,17). The van der Waals surface area contributed by atoms with E-state index in [0.717, 1.165) is 6.42 Å². The van der Waals surface area contributed by atoms with Crippen LogP contribution in [0.2, 0.25) is 0 Å². The predicted octanol–water partition coefficient (Wildman–Crippen LogP) is 1.04. The van der Waals surface area contributed by atoms with E-state index in [-0.39, 0.29) is 11.8 Å². The van der Waals surface area contributed by atoms with E-state index >= 15 is 0 Å². The minimum Gasteiger partial charge on any atom is -0.352 e. The Labute approximate surface area is 101 Å². The molecule has 0 spiro atoms. The number of hydrogen-bond acceptors (Lipinski definition) is 2. The molecule has 4 unspecified atom stereocenters. The van der Waals surface area contributed by atoms with Gasteiger partial charge in [0.25, 0.3) is 0 Å². The van der Waals surface area contributed by atoms with Gasteiger partial charge in [0.15, 0.2) is 0 Å². The number of carbonyl (C=O) groups is 1. The van der Waals surface area contributed by atoms with E-state index in [1.54, 1.807) is 0 Å². The van der Waals surface area contributed by atoms with Crippen LogP contribution < -0.4 is 11.1 Å². The van der Waals surface area contributed by atoms with Crippen LogP contribution in [0.4, 0.5) is 0 Å². The van der Waals surface area contributed by atoms with E-state index in [0.29, 0.717) is 24.4 Å². The van der Waals surface area contributed by atoms with E-state index in [1.165, 1.54) is 11.1 Å². The van der Waals surface area contributed by atoms with Crippen molar-refractivity contribution in [2.75, 3.05) is 6.54 Å². The summed E-state index contributed by atoms with van der Waals surface area (Å²) in [6.07, 6.45) is 1.11. The number of nitrogens with two attached hydrogens (primary N) is 1. The number of carbonyl (C=O) groups excluding carboxylic acids is 1. The zero-order valence-electron chi connectivity index (χ0n) is 10.0. The zero-order chi connectivity index (χ0) is 12.0. The van der Waals surface area contributed by atoms with Gasteiger partial charge in [-0.2, -0.15) is 0 Å². The number of nitrogens with one attached hydrogen (secondary N) is 1. The van der Waals surface area contributed by atoms with Crippen molar-refractivity contribution in [1.82, 2.24) is 5.32 Å². The fourth-order valence-electron chi connectivity index (χ4n) is 2.96. The third kappa shape index (κ3) is 1.65. The molecule has 2 aliphatic rings. The lowest BCUT2D eigenvalue weighted by Gasteiger charge is -2.12. The third-order valence-electron chi connectivity index (χ3n) is 4.15. The van der Waals surface area contributed by atoms with E-state index in [4.69, 9.17) is 5.73 Å². The lowest BCUT2D eigenvalue weighted by atomic mass is 10.0. The van der Waals surface area contributed by atoms with Crippen LogP contribution in [-0.2, 0) is 11.2 Å². The molecule has 3 nitrogen and oxygen atoms in total. The van der Waals surface area contributed by atoms with Crippen molar-refractivity contribution in [2.45, 2.75) is 25.3 Å². The maximum Gasteiger partial charge on any atom is 0.224 e. The van der Waals surface area contributed by atoms with Gasteiger partial charge in [0.05, 0.1) is 0 Å². The number of fused-ring (bicyclic) bond motifs is 3.